The Hall–Kier alpha value is -2.67. The van der Waals surface area contributed by atoms with Gasteiger partial charge < -0.3 is 4.57 Å². The van der Waals surface area contributed by atoms with Gasteiger partial charge in [-0.1, -0.05) is 19.1 Å². The molecule has 0 aliphatic rings. The molecule has 4 rings (SSSR count). The summed E-state index contributed by atoms with van der Waals surface area (Å²) in [6, 6.07) is 8.15. The smallest absolute Gasteiger partial charge is 0.323 e. The molecular formula is C21H24N4O2S. The van der Waals surface area contributed by atoms with E-state index >= 15 is 0 Å². The van der Waals surface area contributed by atoms with Crippen LogP contribution in [0.5, 0.6) is 0 Å². The van der Waals surface area contributed by atoms with Crippen molar-refractivity contribution in [2.45, 2.75) is 46.7 Å². The van der Waals surface area contributed by atoms with E-state index in [1.54, 1.807) is 23.0 Å². The van der Waals surface area contributed by atoms with Gasteiger partial charge in [-0.2, -0.15) is 0 Å². The Morgan fingerprint density at radius 2 is 1.86 bits per heavy atom. The predicted molar refractivity (Wildman–Crippen MR) is 115 cm³/mol. The fraction of sp³-hybridized carbons (Fsp3) is 0.381. The van der Waals surface area contributed by atoms with Crippen molar-refractivity contribution in [3.8, 4) is 0 Å². The van der Waals surface area contributed by atoms with Gasteiger partial charge in [-0.15, -0.1) is 11.3 Å². The first kappa shape index (κ1) is 18.7. The van der Waals surface area contributed by atoms with E-state index in [9.17, 15) is 9.59 Å². The van der Waals surface area contributed by atoms with Gasteiger partial charge in [-0.05, 0) is 38.0 Å². The van der Waals surface area contributed by atoms with Crippen LogP contribution in [-0.2, 0) is 26.6 Å². The Bertz CT molecular complexity index is 1310. The molecule has 3 heterocycles. The zero-order valence-electron chi connectivity index (χ0n) is 16.7. The lowest BCUT2D eigenvalue weighted by molar-refractivity contribution is 0.661. The molecule has 0 aliphatic carbocycles. The van der Waals surface area contributed by atoms with Crippen LogP contribution in [0.4, 0.5) is 0 Å². The molecule has 0 saturated carbocycles. The van der Waals surface area contributed by atoms with Crippen LogP contribution >= 0.6 is 11.3 Å². The minimum Gasteiger partial charge on any atom is -0.323 e. The van der Waals surface area contributed by atoms with Crippen LogP contribution in [0.2, 0.25) is 0 Å². The van der Waals surface area contributed by atoms with Crippen molar-refractivity contribution < 1.29 is 0 Å². The number of aryl methyl sites for hydroxylation is 3. The third-order valence-electron chi connectivity index (χ3n) is 5.33. The summed E-state index contributed by atoms with van der Waals surface area (Å²) >= 11 is 1.55. The molecule has 0 aliphatic heterocycles. The molecule has 0 bridgehead atoms. The molecule has 0 N–H and O–H groups in total. The first-order valence-corrected chi connectivity index (χ1v) is 10.5. The Morgan fingerprint density at radius 3 is 2.57 bits per heavy atom. The molecule has 1 aromatic carbocycles. The second-order valence-electron chi connectivity index (χ2n) is 7.07. The van der Waals surface area contributed by atoms with E-state index in [4.69, 9.17) is 4.98 Å². The maximum atomic E-state index is 12.8. The Labute approximate surface area is 166 Å². The van der Waals surface area contributed by atoms with E-state index < -0.39 is 0 Å². The number of imidazole rings is 1. The monoisotopic (exact) mass is 396 g/mol. The molecule has 0 amide bonds. The summed E-state index contributed by atoms with van der Waals surface area (Å²) < 4.78 is 5.15. The number of rotatable bonds is 5. The molecular weight excluding hydrogens is 372 g/mol. The van der Waals surface area contributed by atoms with Gasteiger partial charge in [-0.25, -0.2) is 9.78 Å². The molecule has 0 unspecified atom stereocenters. The highest BCUT2D eigenvalue weighted by atomic mass is 32.1. The fourth-order valence-electron chi connectivity index (χ4n) is 3.80. The summed E-state index contributed by atoms with van der Waals surface area (Å²) in [6.07, 6.45) is 1.92. The average Bonchev–Trinajstić information content (AvgIpc) is 3.19. The van der Waals surface area contributed by atoms with Crippen molar-refractivity contribution in [1.29, 1.82) is 0 Å². The van der Waals surface area contributed by atoms with E-state index in [1.807, 2.05) is 32.0 Å². The molecule has 7 heteroatoms. The Balaban J connectivity index is 1.95. The van der Waals surface area contributed by atoms with Gasteiger partial charge in [0.05, 0.1) is 23.0 Å². The maximum Gasteiger partial charge on any atom is 0.331 e. The highest BCUT2D eigenvalue weighted by Gasteiger charge is 2.19. The zero-order chi connectivity index (χ0) is 20.0. The summed E-state index contributed by atoms with van der Waals surface area (Å²) in [6.45, 7) is 7.26. The molecule has 28 heavy (non-hydrogen) atoms. The van der Waals surface area contributed by atoms with Crippen LogP contribution in [-0.4, -0.2) is 18.7 Å². The van der Waals surface area contributed by atoms with Crippen molar-refractivity contribution in [3.05, 3.63) is 61.4 Å². The average molecular weight is 397 g/mol. The van der Waals surface area contributed by atoms with Crippen LogP contribution in [0.1, 0.15) is 36.5 Å². The van der Waals surface area contributed by atoms with E-state index in [-0.39, 0.29) is 11.2 Å². The molecule has 0 atom stereocenters. The SMILES string of the molecule is CCCc1nc2ccccc2n1Cc1sc2c(c1C)c(=O)n(C)c(=O)n2CC. The molecule has 146 valence electrons. The van der Waals surface area contributed by atoms with E-state index in [2.05, 4.69) is 17.6 Å². The number of benzene rings is 1. The van der Waals surface area contributed by atoms with Crippen LogP contribution in [0, 0.1) is 6.92 Å². The van der Waals surface area contributed by atoms with Crippen molar-refractivity contribution in [3.63, 3.8) is 0 Å². The normalized spacial score (nSPS) is 11.7. The van der Waals surface area contributed by atoms with Crippen molar-refractivity contribution in [2.24, 2.45) is 7.05 Å². The third-order valence-corrected chi connectivity index (χ3v) is 6.63. The van der Waals surface area contributed by atoms with Gasteiger partial charge in [0, 0.05) is 24.9 Å². The highest BCUT2D eigenvalue weighted by molar-refractivity contribution is 7.18. The molecule has 4 aromatic rings. The Morgan fingerprint density at radius 1 is 1.11 bits per heavy atom. The molecule has 0 fully saturated rings. The van der Waals surface area contributed by atoms with Crippen molar-refractivity contribution in [2.75, 3.05) is 0 Å². The fourth-order valence-corrected chi connectivity index (χ4v) is 5.14. The van der Waals surface area contributed by atoms with E-state index in [1.165, 1.54) is 4.57 Å². The summed E-state index contributed by atoms with van der Waals surface area (Å²) in [5.74, 6) is 1.06. The molecule has 0 saturated heterocycles. The predicted octanol–water partition coefficient (Wildman–Crippen LogP) is 3.44. The lowest BCUT2D eigenvalue weighted by Crippen LogP contribution is -2.37. The number of thiophene rings is 1. The number of para-hydroxylation sites is 2. The maximum absolute atomic E-state index is 12.8. The van der Waals surface area contributed by atoms with Gasteiger partial charge in [0.25, 0.3) is 5.56 Å². The summed E-state index contributed by atoms with van der Waals surface area (Å²) in [5, 5.41) is 0.658. The minimum atomic E-state index is -0.257. The first-order chi connectivity index (χ1) is 13.5. The van der Waals surface area contributed by atoms with E-state index in [0.29, 0.717) is 18.5 Å². The number of aromatic nitrogens is 4. The lowest BCUT2D eigenvalue weighted by atomic mass is 10.2. The molecule has 0 radical (unpaired) electrons. The number of hydrogen-bond donors (Lipinski definition) is 0. The first-order valence-electron chi connectivity index (χ1n) is 9.63. The van der Waals surface area contributed by atoms with Gasteiger partial charge >= 0.3 is 5.69 Å². The molecule has 3 aromatic heterocycles. The number of nitrogens with zero attached hydrogens (tertiary/aromatic N) is 4. The topological polar surface area (TPSA) is 61.8 Å². The van der Waals surface area contributed by atoms with Crippen molar-refractivity contribution >= 4 is 32.6 Å². The second-order valence-corrected chi connectivity index (χ2v) is 8.16. The van der Waals surface area contributed by atoms with Gasteiger partial charge in [0.15, 0.2) is 0 Å². The van der Waals surface area contributed by atoms with Gasteiger partial charge in [0.1, 0.15) is 10.7 Å². The highest BCUT2D eigenvalue weighted by Crippen LogP contribution is 2.30. The van der Waals surface area contributed by atoms with Gasteiger partial charge in [-0.3, -0.25) is 13.9 Å². The van der Waals surface area contributed by atoms with Crippen LogP contribution in [0.25, 0.3) is 21.3 Å². The number of fused-ring (bicyclic) bond motifs is 2. The standard InChI is InChI=1S/C21H24N4O2S/c1-5-9-17-22-14-10-7-8-11-15(14)25(17)12-16-13(3)18-19(26)23(4)21(27)24(6-2)20(18)28-16/h7-8,10-11H,5-6,9,12H2,1-4H3. The lowest BCUT2D eigenvalue weighted by Gasteiger charge is -2.08. The largest absolute Gasteiger partial charge is 0.331 e. The minimum absolute atomic E-state index is 0.214. The zero-order valence-corrected chi connectivity index (χ0v) is 17.5. The van der Waals surface area contributed by atoms with Gasteiger partial charge in [0.2, 0.25) is 0 Å². The quantitative estimate of drug-likeness (QED) is 0.519. The summed E-state index contributed by atoms with van der Waals surface area (Å²) in [5.41, 5.74) is 2.58. The molecule has 6 nitrogen and oxygen atoms in total. The summed E-state index contributed by atoms with van der Waals surface area (Å²) in [4.78, 5) is 32.0. The molecule has 0 spiro atoms. The van der Waals surface area contributed by atoms with Crippen LogP contribution in [0.15, 0.2) is 33.9 Å². The summed E-state index contributed by atoms with van der Waals surface area (Å²) in [7, 11) is 1.55. The Kier molecular flexibility index (Phi) is 4.71. The third kappa shape index (κ3) is 2.73. The second kappa shape index (κ2) is 7.05. The van der Waals surface area contributed by atoms with Crippen molar-refractivity contribution in [1.82, 2.24) is 18.7 Å². The van der Waals surface area contributed by atoms with Crippen LogP contribution < -0.4 is 11.2 Å². The van der Waals surface area contributed by atoms with Crippen LogP contribution in [0.3, 0.4) is 0 Å². The van der Waals surface area contributed by atoms with E-state index in [0.717, 1.165) is 45.0 Å². The number of hydrogen-bond acceptors (Lipinski definition) is 4.